The lowest BCUT2D eigenvalue weighted by Crippen LogP contribution is -2.00. The van der Waals surface area contributed by atoms with Crippen molar-refractivity contribution in [1.82, 2.24) is 0 Å². The first kappa shape index (κ1) is 8.85. The summed E-state index contributed by atoms with van der Waals surface area (Å²) in [4.78, 5) is 0. The molecule has 0 fully saturated rings. The van der Waals surface area contributed by atoms with Crippen molar-refractivity contribution < 1.29 is 5.11 Å². The van der Waals surface area contributed by atoms with Crippen LogP contribution >= 0.6 is 23.2 Å². The van der Waals surface area contributed by atoms with Crippen LogP contribution in [0.3, 0.4) is 0 Å². The molecule has 0 bridgehead atoms. The predicted octanol–water partition coefficient (Wildman–Crippen LogP) is 2.44. The largest absolute Gasteiger partial charge is 0.377 e. The predicted molar refractivity (Wildman–Crippen MR) is 47.0 cm³/mol. The van der Waals surface area contributed by atoms with Gasteiger partial charge in [0.15, 0.2) is 0 Å². The molecule has 0 spiro atoms. The Kier molecular flexibility index (Phi) is 3.18. The summed E-state index contributed by atoms with van der Waals surface area (Å²) in [6, 6.07) is 7.23. The summed E-state index contributed by atoms with van der Waals surface area (Å²) in [5.74, 6) is 0. The van der Waals surface area contributed by atoms with Crippen LogP contribution in [-0.2, 0) is 6.42 Å². The van der Waals surface area contributed by atoms with Crippen molar-refractivity contribution in [2.75, 3.05) is 0 Å². The lowest BCUT2D eigenvalue weighted by molar-refractivity contribution is 0.257. The van der Waals surface area contributed by atoms with Gasteiger partial charge in [0.2, 0.25) is 0 Å². The number of aliphatic hydroxyl groups excluding tert-OH is 1. The minimum atomic E-state index is -0.809. The van der Waals surface area contributed by atoms with Gasteiger partial charge in [0, 0.05) is 11.4 Å². The van der Waals surface area contributed by atoms with E-state index in [1.807, 2.05) is 12.1 Å². The van der Waals surface area contributed by atoms with Gasteiger partial charge in [0.25, 0.3) is 0 Å². The van der Waals surface area contributed by atoms with Crippen molar-refractivity contribution in [3.63, 3.8) is 0 Å². The van der Waals surface area contributed by atoms with Crippen LogP contribution in [0.5, 0.6) is 0 Å². The fraction of sp³-hybridized carbons (Fsp3) is 0.250. The molecule has 1 atom stereocenters. The van der Waals surface area contributed by atoms with E-state index >= 15 is 0 Å². The van der Waals surface area contributed by atoms with E-state index < -0.39 is 5.56 Å². The normalized spacial score (nSPS) is 13.0. The second-order valence-electron chi connectivity index (χ2n) is 2.27. The quantitative estimate of drug-likeness (QED) is 0.711. The summed E-state index contributed by atoms with van der Waals surface area (Å²) < 4.78 is 0. The van der Waals surface area contributed by atoms with Crippen LogP contribution in [0.4, 0.5) is 0 Å². The molecule has 1 aromatic carbocycles. The van der Waals surface area contributed by atoms with E-state index in [1.165, 1.54) is 0 Å². The van der Waals surface area contributed by atoms with Crippen molar-refractivity contribution in [3.8, 4) is 0 Å². The number of alkyl halides is 1. The molecule has 0 aliphatic carbocycles. The third-order valence-electron chi connectivity index (χ3n) is 1.32. The average molecular weight is 191 g/mol. The molecule has 11 heavy (non-hydrogen) atoms. The Labute approximate surface area is 75.6 Å². The zero-order chi connectivity index (χ0) is 8.27. The third kappa shape index (κ3) is 3.10. The number of halogens is 2. The molecule has 0 aliphatic heterocycles. The maximum Gasteiger partial charge on any atom is 0.132 e. The van der Waals surface area contributed by atoms with Crippen LogP contribution in [0.25, 0.3) is 0 Å². The minimum absolute atomic E-state index is 0.457. The molecule has 0 heterocycles. The zero-order valence-corrected chi connectivity index (χ0v) is 7.31. The van der Waals surface area contributed by atoms with Gasteiger partial charge >= 0.3 is 0 Å². The molecule has 0 aliphatic rings. The minimum Gasteiger partial charge on any atom is -0.377 e. The molecule has 60 valence electrons. The number of hydrogen-bond donors (Lipinski definition) is 1. The summed E-state index contributed by atoms with van der Waals surface area (Å²) in [5.41, 5.74) is 0.174. The van der Waals surface area contributed by atoms with Crippen LogP contribution in [0.2, 0.25) is 5.02 Å². The molecule has 0 saturated heterocycles. The first-order valence-electron chi connectivity index (χ1n) is 3.25. The number of aliphatic hydroxyl groups is 1. The maximum atomic E-state index is 8.81. The number of hydrogen-bond acceptors (Lipinski definition) is 1. The molecule has 1 nitrogen and oxygen atoms in total. The first-order chi connectivity index (χ1) is 5.18. The van der Waals surface area contributed by atoms with Crippen molar-refractivity contribution in [3.05, 3.63) is 34.9 Å². The molecule has 0 amide bonds. The lowest BCUT2D eigenvalue weighted by atomic mass is 10.2. The molecule has 0 radical (unpaired) electrons. The molecule has 3 heteroatoms. The third-order valence-corrected chi connectivity index (χ3v) is 1.72. The van der Waals surface area contributed by atoms with Gasteiger partial charge in [-0.3, -0.25) is 0 Å². The summed E-state index contributed by atoms with van der Waals surface area (Å²) >= 11 is 11.0. The highest BCUT2D eigenvalue weighted by atomic mass is 35.5. The molecular formula is C8H8Cl2O. The van der Waals surface area contributed by atoms with Crippen molar-refractivity contribution in [1.29, 1.82) is 0 Å². The highest BCUT2D eigenvalue weighted by molar-refractivity contribution is 6.30. The SMILES string of the molecule is OC(Cl)Cc1ccc(Cl)cc1. The molecule has 1 rings (SSSR count). The number of benzene rings is 1. The summed E-state index contributed by atoms with van der Waals surface area (Å²) in [5, 5.41) is 9.50. The van der Waals surface area contributed by atoms with Crippen LogP contribution in [0.1, 0.15) is 5.56 Å². The second kappa shape index (κ2) is 3.96. The Hall–Kier alpha value is -0.240. The lowest BCUT2D eigenvalue weighted by Gasteiger charge is -2.01. The Morgan fingerprint density at radius 1 is 1.27 bits per heavy atom. The highest BCUT2D eigenvalue weighted by Crippen LogP contribution is 2.11. The van der Waals surface area contributed by atoms with Gasteiger partial charge < -0.3 is 5.11 Å². The van der Waals surface area contributed by atoms with Gasteiger partial charge in [-0.15, -0.1) is 0 Å². The van der Waals surface area contributed by atoms with Crippen molar-refractivity contribution >= 4 is 23.2 Å². The van der Waals surface area contributed by atoms with Gasteiger partial charge in [0.1, 0.15) is 5.56 Å². The van der Waals surface area contributed by atoms with Crippen molar-refractivity contribution in [2.24, 2.45) is 0 Å². The summed E-state index contributed by atoms with van der Waals surface area (Å²) in [7, 11) is 0. The fourth-order valence-electron chi connectivity index (χ4n) is 0.815. The Morgan fingerprint density at radius 3 is 2.27 bits per heavy atom. The second-order valence-corrected chi connectivity index (χ2v) is 3.21. The van der Waals surface area contributed by atoms with E-state index in [0.717, 1.165) is 5.56 Å². The van der Waals surface area contributed by atoms with Crippen LogP contribution in [-0.4, -0.2) is 10.7 Å². The summed E-state index contributed by atoms with van der Waals surface area (Å²) in [6.45, 7) is 0. The molecule has 0 saturated carbocycles. The van der Waals surface area contributed by atoms with Gasteiger partial charge in [-0.05, 0) is 17.7 Å². The van der Waals surface area contributed by atoms with Crippen LogP contribution in [0.15, 0.2) is 24.3 Å². The van der Waals surface area contributed by atoms with Gasteiger partial charge in [-0.2, -0.15) is 0 Å². The molecule has 1 N–H and O–H groups in total. The average Bonchev–Trinajstić information content (AvgIpc) is 1.93. The van der Waals surface area contributed by atoms with E-state index in [9.17, 15) is 0 Å². The van der Waals surface area contributed by atoms with Gasteiger partial charge in [-0.25, -0.2) is 0 Å². The zero-order valence-electron chi connectivity index (χ0n) is 5.80. The van der Waals surface area contributed by atoms with E-state index in [-0.39, 0.29) is 0 Å². The van der Waals surface area contributed by atoms with E-state index in [2.05, 4.69) is 0 Å². The summed E-state index contributed by atoms with van der Waals surface area (Å²) in [6.07, 6.45) is 0.457. The Bertz CT molecular complexity index is 218. The molecule has 1 aromatic rings. The smallest absolute Gasteiger partial charge is 0.132 e. The van der Waals surface area contributed by atoms with Crippen molar-refractivity contribution in [2.45, 2.75) is 12.0 Å². The number of rotatable bonds is 2. The van der Waals surface area contributed by atoms with Gasteiger partial charge in [-0.1, -0.05) is 35.3 Å². The standard InChI is InChI=1S/C8H8Cl2O/c9-7-3-1-6(2-4-7)5-8(10)11/h1-4,8,11H,5H2. The molecular weight excluding hydrogens is 183 g/mol. The van der Waals surface area contributed by atoms with Crippen LogP contribution in [0, 0.1) is 0 Å². The van der Waals surface area contributed by atoms with E-state index in [0.29, 0.717) is 11.4 Å². The fourth-order valence-corrected chi connectivity index (χ4v) is 1.12. The Morgan fingerprint density at radius 2 is 1.82 bits per heavy atom. The first-order valence-corrected chi connectivity index (χ1v) is 4.06. The molecule has 0 aromatic heterocycles. The van der Waals surface area contributed by atoms with E-state index in [1.54, 1.807) is 12.1 Å². The molecule has 1 unspecified atom stereocenters. The topological polar surface area (TPSA) is 20.2 Å². The highest BCUT2D eigenvalue weighted by Gasteiger charge is 1.99. The monoisotopic (exact) mass is 190 g/mol. The van der Waals surface area contributed by atoms with E-state index in [4.69, 9.17) is 28.3 Å². The maximum absolute atomic E-state index is 8.81. The van der Waals surface area contributed by atoms with Gasteiger partial charge in [0.05, 0.1) is 0 Å². The van der Waals surface area contributed by atoms with Crippen LogP contribution < -0.4 is 0 Å². The Balaban J connectivity index is 2.66.